The molecule has 3 N–H and O–H groups in total. The molecule has 0 bridgehead atoms. The molecule has 0 unspecified atom stereocenters. The van der Waals surface area contributed by atoms with Crippen molar-refractivity contribution in [1.29, 1.82) is 0 Å². The van der Waals surface area contributed by atoms with Gasteiger partial charge in [0.25, 0.3) is 0 Å². The molecule has 1 aliphatic carbocycles. The molecule has 0 radical (unpaired) electrons. The topological polar surface area (TPSA) is 55.1 Å². The van der Waals surface area contributed by atoms with Crippen LogP contribution < -0.4 is 11.1 Å². The standard InChI is InChI=1S/C12H12BrClN2OS/c1-6-4-7(13)9(5-8(6)14)16-11(17)12(2-3-12)10(15)18/h4-5H,2-3H2,1H3,(H2,15,18)(H,16,17). The van der Waals surface area contributed by atoms with Gasteiger partial charge in [0.2, 0.25) is 5.91 Å². The van der Waals surface area contributed by atoms with Gasteiger partial charge in [-0.05, 0) is 53.4 Å². The van der Waals surface area contributed by atoms with Gasteiger partial charge in [-0.15, -0.1) is 0 Å². The van der Waals surface area contributed by atoms with Gasteiger partial charge in [-0.2, -0.15) is 0 Å². The van der Waals surface area contributed by atoms with E-state index in [1.54, 1.807) is 6.07 Å². The van der Waals surface area contributed by atoms with E-state index in [0.717, 1.165) is 10.0 Å². The lowest BCUT2D eigenvalue weighted by atomic mass is 10.1. The van der Waals surface area contributed by atoms with Gasteiger partial charge in [0.15, 0.2) is 0 Å². The molecule has 1 amide bonds. The molecular formula is C12H12BrClN2OS. The number of benzene rings is 1. The summed E-state index contributed by atoms with van der Waals surface area (Å²) in [6, 6.07) is 3.58. The fourth-order valence-corrected chi connectivity index (χ4v) is 2.71. The van der Waals surface area contributed by atoms with Crippen LogP contribution in [0.1, 0.15) is 18.4 Å². The Morgan fingerprint density at radius 1 is 1.56 bits per heavy atom. The zero-order chi connectivity index (χ0) is 13.5. The lowest BCUT2D eigenvalue weighted by molar-refractivity contribution is -0.118. The van der Waals surface area contributed by atoms with Gasteiger partial charge in [-0.1, -0.05) is 23.8 Å². The van der Waals surface area contributed by atoms with Crippen LogP contribution >= 0.6 is 39.7 Å². The van der Waals surface area contributed by atoms with E-state index in [4.69, 9.17) is 29.6 Å². The Labute approximate surface area is 124 Å². The van der Waals surface area contributed by atoms with Gasteiger partial charge in [0, 0.05) is 9.50 Å². The van der Waals surface area contributed by atoms with Crippen LogP contribution in [0.2, 0.25) is 5.02 Å². The summed E-state index contributed by atoms with van der Waals surface area (Å²) in [5.41, 5.74) is 6.53. The lowest BCUT2D eigenvalue weighted by Crippen LogP contribution is -2.35. The number of rotatable bonds is 3. The second-order valence-electron chi connectivity index (χ2n) is 4.48. The molecule has 1 saturated carbocycles. The third-order valence-electron chi connectivity index (χ3n) is 3.15. The Morgan fingerprint density at radius 2 is 2.17 bits per heavy atom. The maximum Gasteiger partial charge on any atom is 0.237 e. The molecule has 1 aromatic rings. The quantitative estimate of drug-likeness (QED) is 0.824. The van der Waals surface area contributed by atoms with Gasteiger partial charge in [0.1, 0.15) is 0 Å². The summed E-state index contributed by atoms with van der Waals surface area (Å²) >= 11 is 14.4. The van der Waals surface area contributed by atoms with Crippen molar-refractivity contribution in [2.45, 2.75) is 19.8 Å². The number of aryl methyl sites for hydroxylation is 1. The number of amides is 1. The van der Waals surface area contributed by atoms with E-state index >= 15 is 0 Å². The number of hydrogen-bond donors (Lipinski definition) is 2. The predicted molar refractivity (Wildman–Crippen MR) is 81.0 cm³/mol. The minimum Gasteiger partial charge on any atom is -0.392 e. The smallest absolute Gasteiger partial charge is 0.237 e. The summed E-state index contributed by atoms with van der Waals surface area (Å²) in [7, 11) is 0. The molecule has 6 heteroatoms. The second-order valence-corrected chi connectivity index (χ2v) is 6.18. The van der Waals surface area contributed by atoms with Crippen LogP contribution in [0.15, 0.2) is 16.6 Å². The number of carbonyl (C=O) groups is 1. The molecule has 0 aromatic heterocycles. The Morgan fingerprint density at radius 3 is 2.67 bits per heavy atom. The Balaban J connectivity index is 2.23. The van der Waals surface area contributed by atoms with Crippen molar-refractivity contribution in [2.75, 3.05) is 5.32 Å². The van der Waals surface area contributed by atoms with Crippen LogP contribution in [-0.4, -0.2) is 10.9 Å². The monoisotopic (exact) mass is 346 g/mol. The largest absolute Gasteiger partial charge is 0.392 e. The number of nitrogens with one attached hydrogen (secondary N) is 1. The fraction of sp³-hybridized carbons (Fsp3) is 0.333. The first-order chi connectivity index (χ1) is 8.36. The van der Waals surface area contributed by atoms with Crippen LogP contribution in [0.3, 0.4) is 0 Å². The second kappa shape index (κ2) is 4.79. The summed E-state index contributed by atoms with van der Waals surface area (Å²) in [6.07, 6.45) is 1.43. The molecule has 2 rings (SSSR count). The fourth-order valence-electron chi connectivity index (χ4n) is 1.69. The highest BCUT2D eigenvalue weighted by molar-refractivity contribution is 9.10. The summed E-state index contributed by atoms with van der Waals surface area (Å²) < 4.78 is 0.788. The molecule has 1 fully saturated rings. The molecule has 3 nitrogen and oxygen atoms in total. The van der Waals surface area contributed by atoms with E-state index in [-0.39, 0.29) is 10.9 Å². The van der Waals surface area contributed by atoms with E-state index < -0.39 is 5.41 Å². The minimum absolute atomic E-state index is 0.157. The Bertz CT molecular complexity index is 543. The number of carbonyl (C=O) groups excluding carboxylic acids is 1. The average Bonchev–Trinajstić information content (AvgIpc) is 3.06. The first kappa shape index (κ1) is 13.8. The highest BCUT2D eigenvalue weighted by Gasteiger charge is 2.52. The maximum atomic E-state index is 12.1. The third-order valence-corrected chi connectivity index (χ3v) is 4.61. The van der Waals surface area contributed by atoms with Gasteiger partial charge in [-0.25, -0.2) is 0 Å². The van der Waals surface area contributed by atoms with Crippen LogP contribution in [0.5, 0.6) is 0 Å². The zero-order valence-corrected chi connectivity index (χ0v) is 12.9. The molecular weight excluding hydrogens is 336 g/mol. The Kier molecular flexibility index (Phi) is 3.67. The molecule has 0 spiro atoms. The van der Waals surface area contributed by atoms with E-state index in [9.17, 15) is 4.79 Å². The van der Waals surface area contributed by atoms with Crippen molar-refractivity contribution in [3.63, 3.8) is 0 Å². The van der Waals surface area contributed by atoms with Crippen LogP contribution in [0.25, 0.3) is 0 Å². The van der Waals surface area contributed by atoms with E-state index in [1.165, 1.54) is 0 Å². The Hall–Kier alpha value is -0.650. The van der Waals surface area contributed by atoms with Crippen molar-refractivity contribution < 1.29 is 4.79 Å². The van der Waals surface area contributed by atoms with E-state index in [1.807, 2.05) is 13.0 Å². The van der Waals surface area contributed by atoms with Gasteiger partial charge in [0.05, 0.1) is 16.1 Å². The number of hydrogen-bond acceptors (Lipinski definition) is 2. The summed E-state index contributed by atoms with van der Waals surface area (Å²) in [5.74, 6) is -0.157. The maximum absolute atomic E-state index is 12.1. The predicted octanol–water partition coefficient (Wildman–Crippen LogP) is 3.42. The first-order valence-corrected chi connectivity index (χ1v) is 7.02. The molecule has 0 atom stereocenters. The van der Waals surface area contributed by atoms with Crippen molar-refractivity contribution in [3.8, 4) is 0 Å². The van der Waals surface area contributed by atoms with Crippen molar-refractivity contribution in [3.05, 3.63) is 27.2 Å². The minimum atomic E-state index is -0.661. The molecule has 0 saturated heterocycles. The number of nitrogens with two attached hydrogens (primary N) is 1. The van der Waals surface area contributed by atoms with Gasteiger partial charge >= 0.3 is 0 Å². The molecule has 1 aromatic carbocycles. The summed E-state index contributed by atoms with van der Waals surface area (Å²) in [5, 5.41) is 3.43. The van der Waals surface area contributed by atoms with Gasteiger partial charge < -0.3 is 11.1 Å². The van der Waals surface area contributed by atoms with Crippen molar-refractivity contribution >= 4 is 56.3 Å². The molecule has 1 aliphatic rings. The molecule has 18 heavy (non-hydrogen) atoms. The van der Waals surface area contributed by atoms with E-state index in [2.05, 4.69) is 21.2 Å². The molecule has 0 heterocycles. The normalized spacial score (nSPS) is 16.2. The molecule has 0 aliphatic heterocycles. The number of anilines is 1. The lowest BCUT2D eigenvalue weighted by Gasteiger charge is -2.15. The van der Waals surface area contributed by atoms with E-state index in [0.29, 0.717) is 23.6 Å². The third kappa shape index (κ3) is 2.39. The highest BCUT2D eigenvalue weighted by Crippen LogP contribution is 2.47. The van der Waals surface area contributed by atoms with Crippen molar-refractivity contribution in [2.24, 2.45) is 11.1 Å². The van der Waals surface area contributed by atoms with Crippen molar-refractivity contribution in [1.82, 2.24) is 0 Å². The highest BCUT2D eigenvalue weighted by atomic mass is 79.9. The first-order valence-electron chi connectivity index (χ1n) is 5.44. The number of thiocarbonyl (C=S) groups is 1. The SMILES string of the molecule is Cc1cc(Br)c(NC(=O)C2(C(N)=S)CC2)cc1Cl. The molecule has 96 valence electrons. The summed E-state index contributed by atoms with van der Waals surface area (Å²) in [4.78, 5) is 12.4. The summed E-state index contributed by atoms with van der Waals surface area (Å²) in [6.45, 7) is 1.90. The van der Waals surface area contributed by atoms with Crippen LogP contribution in [-0.2, 0) is 4.79 Å². The number of halogens is 2. The average molecular weight is 348 g/mol. The van der Waals surface area contributed by atoms with Gasteiger partial charge in [-0.3, -0.25) is 4.79 Å². The van der Waals surface area contributed by atoms with Crippen LogP contribution in [0, 0.1) is 12.3 Å². The van der Waals surface area contributed by atoms with Crippen LogP contribution in [0.4, 0.5) is 5.69 Å². The zero-order valence-electron chi connectivity index (χ0n) is 9.72.